The van der Waals surface area contributed by atoms with Gasteiger partial charge in [-0.25, -0.2) is 4.98 Å². The summed E-state index contributed by atoms with van der Waals surface area (Å²) < 4.78 is 6.62. The summed E-state index contributed by atoms with van der Waals surface area (Å²) >= 11 is 2.85. The average molecular weight is 467 g/mol. The minimum absolute atomic E-state index is 0.0664. The van der Waals surface area contributed by atoms with Crippen molar-refractivity contribution in [2.24, 2.45) is 5.92 Å². The smallest absolute Gasteiger partial charge is 0.267 e. The maximum Gasteiger partial charge on any atom is 0.267 e. The standard InChI is InChI=1S/C23H22N4O3S2/c1-13-8-9-16-17(10-13)32-21-20(16)22(29)27(15-6-4-3-5-7-15)23(25-21)31-12-19(28)24-18-11-14(2)30-26-18/h3-7,11,13H,8-10,12H2,1-2H3,(H,24,26,28)/t13-/m0/s1. The Morgan fingerprint density at radius 2 is 2.16 bits per heavy atom. The molecule has 0 bridgehead atoms. The molecule has 3 aromatic heterocycles. The quantitative estimate of drug-likeness (QED) is 0.342. The summed E-state index contributed by atoms with van der Waals surface area (Å²) in [5.74, 6) is 1.46. The van der Waals surface area contributed by atoms with Gasteiger partial charge < -0.3 is 9.84 Å². The summed E-state index contributed by atoms with van der Waals surface area (Å²) in [5, 5.41) is 7.74. The monoisotopic (exact) mass is 466 g/mol. The molecule has 7 nitrogen and oxygen atoms in total. The molecule has 1 aromatic carbocycles. The van der Waals surface area contributed by atoms with Gasteiger partial charge in [-0.1, -0.05) is 42.0 Å². The number of carbonyl (C=O) groups is 1. The maximum atomic E-state index is 13.7. The molecule has 164 valence electrons. The lowest BCUT2D eigenvalue weighted by Crippen LogP contribution is -2.23. The van der Waals surface area contributed by atoms with Crippen LogP contribution in [-0.2, 0) is 17.6 Å². The van der Waals surface area contributed by atoms with E-state index in [2.05, 4.69) is 17.4 Å². The SMILES string of the molecule is Cc1cc(NC(=O)CSc2nc3sc4c(c3c(=O)n2-c2ccccc2)CC[C@H](C)C4)no1. The van der Waals surface area contributed by atoms with Crippen LogP contribution in [0.1, 0.15) is 29.5 Å². The molecule has 0 radical (unpaired) electrons. The van der Waals surface area contributed by atoms with Crippen LogP contribution < -0.4 is 10.9 Å². The number of carbonyl (C=O) groups excluding carboxylic acids is 1. The molecule has 1 amide bonds. The lowest BCUT2D eigenvalue weighted by atomic mass is 9.89. The Hall–Kier alpha value is -2.91. The highest BCUT2D eigenvalue weighted by molar-refractivity contribution is 7.99. The Kier molecular flexibility index (Phi) is 5.60. The topological polar surface area (TPSA) is 90.0 Å². The number of anilines is 1. The molecule has 0 saturated carbocycles. The number of rotatable bonds is 5. The summed E-state index contributed by atoms with van der Waals surface area (Å²) in [5.41, 5.74) is 1.83. The highest BCUT2D eigenvalue weighted by atomic mass is 32.2. The van der Waals surface area contributed by atoms with Gasteiger partial charge in [0.05, 0.1) is 16.8 Å². The maximum absolute atomic E-state index is 13.7. The Morgan fingerprint density at radius 1 is 1.34 bits per heavy atom. The highest BCUT2D eigenvalue weighted by Gasteiger charge is 2.25. The zero-order valence-corrected chi connectivity index (χ0v) is 19.4. The van der Waals surface area contributed by atoms with Gasteiger partial charge in [-0.2, -0.15) is 0 Å². The van der Waals surface area contributed by atoms with Gasteiger partial charge in [-0.3, -0.25) is 14.2 Å². The molecule has 1 N–H and O–H groups in total. The van der Waals surface area contributed by atoms with E-state index in [0.29, 0.717) is 22.7 Å². The lowest BCUT2D eigenvalue weighted by molar-refractivity contribution is -0.113. The number of para-hydroxylation sites is 1. The molecule has 0 fully saturated rings. The van der Waals surface area contributed by atoms with Crippen molar-refractivity contribution in [3.05, 3.63) is 63.0 Å². The van der Waals surface area contributed by atoms with Crippen LogP contribution in [0, 0.1) is 12.8 Å². The predicted octanol–water partition coefficient (Wildman–Crippen LogP) is 4.60. The number of thiophene rings is 1. The van der Waals surface area contributed by atoms with Crippen molar-refractivity contribution in [3.63, 3.8) is 0 Å². The third kappa shape index (κ3) is 3.98. The minimum atomic E-state index is -0.239. The predicted molar refractivity (Wildman–Crippen MR) is 127 cm³/mol. The highest BCUT2D eigenvalue weighted by Crippen LogP contribution is 2.37. The van der Waals surface area contributed by atoms with Crippen LogP contribution in [0.25, 0.3) is 15.9 Å². The Bertz CT molecular complexity index is 1360. The van der Waals surface area contributed by atoms with E-state index in [9.17, 15) is 9.59 Å². The minimum Gasteiger partial charge on any atom is -0.360 e. The number of benzene rings is 1. The second kappa shape index (κ2) is 8.55. The van der Waals surface area contributed by atoms with Gasteiger partial charge in [-0.05, 0) is 49.8 Å². The summed E-state index contributed by atoms with van der Waals surface area (Å²) in [4.78, 5) is 33.0. The number of aryl methyl sites for hydroxylation is 2. The van der Waals surface area contributed by atoms with Gasteiger partial charge in [0.15, 0.2) is 11.0 Å². The van der Waals surface area contributed by atoms with Gasteiger partial charge in [-0.15, -0.1) is 11.3 Å². The summed E-state index contributed by atoms with van der Waals surface area (Å²) in [6.45, 7) is 4.01. The van der Waals surface area contributed by atoms with Gasteiger partial charge >= 0.3 is 0 Å². The van der Waals surface area contributed by atoms with Gasteiger partial charge in [0, 0.05) is 10.9 Å². The van der Waals surface area contributed by atoms with Crippen LogP contribution >= 0.6 is 23.1 Å². The van der Waals surface area contributed by atoms with Crippen molar-refractivity contribution in [1.29, 1.82) is 0 Å². The van der Waals surface area contributed by atoms with E-state index in [-0.39, 0.29) is 17.2 Å². The number of fused-ring (bicyclic) bond motifs is 3. The molecule has 0 aliphatic heterocycles. The average Bonchev–Trinajstić information content (AvgIpc) is 3.35. The normalized spacial score (nSPS) is 15.6. The molecule has 32 heavy (non-hydrogen) atoms. The molecule has 5 rings (SSSR count). The molecule has 1 aliphatic carbocycles. The molecule has 1 atom stereocenters. The third-order valence-corrected chi connectivity index (χ3v) is 7.63. The van der Waals surface area contributed by atoms with Crippen LogP contribution in [0.15, 0.2) is 50.9 Å². The van der Waals surface area contributed by atoms with Crippen molar-refractivity contribution in [3.8, 4) is 5.69 Å². The molecule has 9 heteroatoms. The van der Waals surface area contributed by atoms with E-state index in [1.165, 1.54) is 16.6 Å². The lowest BCUT2D eigenvalue weighted by Gasteiger charge is -2.17. The molecule has 3 heterocycles. The molecule has 1 aliphatic rings. The van der Waals surface area contributed by atoms with Gasteiger partial charge in [0.2, 0.25) is 5.91 Å². The molecule has 0 saturated heterocycles. The van der Waals surface area contributed by atoms with E-state index in [4.69, 9.17) is 9.51 Å². The van der Waals surface area contributed by atoms with Crippen LogP contribution in [0.3, 0.4) is 0 Å². The van der Waals surface area contributed by atoms with E-state index >= 15 is 0 Å². The van der Waals surface area contributed by atoms with Crippen molar-refractivity contribution in [1.82, 2.24) is 14.7 Å². The second-order valence-electron chi connectivity index (χ2n) is 8.06. The number of thioether (sulfide) groups is 1. The largest absolute Gasteiger partial charge is 0.360 e. The molecular formula is C23H22N4O3S2. The summed E-state index contributed by atoms with van der Waals surface area (Å²) in [6.07, 6.45) is 2.99. The zero-order chi connectivity index (χ0) is 22.2. The molecule has 0 spiro atoms. The number of amides is 1. The first-order valence-electron chi connectivity index (χ1n) is 10.5. The Morgan fingerprint density at radius 3 is 2.91 bits per heavy atom. The van der Waals surface area contributed by atoms with E-state index < -0.39 is 0 Å². The Labute approximate surface area is 192 Å². The number of hydrogen-bond donors (Lipinski definition) is 1. The Balaban J connectivity index is 1.53. The number of aromatic nitrogens is 3. The first-order chi connectivity index (χ1) is 15.5. The van der Waals surface area contributed by atoms with Crippen LogP contribution in [-0.4, -0.2) is 26.4 Å². The van der Waals surface area contributed by atoms with E-state index in [1.54, 1.807) is 28.9 Å². The van der Waals surface area contributed by atoms with Gasteiger partial charge in [0.25, 0.3) is 5.56 Å². The zero-order valence-electron chi connectivity index (χ0n) is 17.8. The number of nitrogens with one attached hydrogen (secondary N) is 1. The van der Waals surface area contributed by atoms with Crippen molar-refractivity contribution in [2.45, 2.75) is 38.3 Å². The van der Waals surface area contributed by atoms with Gasteiger partial charge in [0.1, 0.15) is 10.6 Å². The van der Waals surface area contributed by atoms with Crippen molar-refractivity contribution >= 4 is 45.0 Å². The van der Waals surface area contributed by atoms with Crippen molar-refractivity contribution in [2.75, 3.05) is 11.1 Å². The molecule has 4 aromatic rings. The molecule has 0 unspecified atom stereocenters. The number of nitrogens with zero attached hydrogens (tertiary/aromatic N) is 3. The fourth-order valence-electron chi connectivity index (χ4n) is 4.01. The second-order valence-corrected chi connectivity index (χ2v) is 10.1. The van der Waals surface area contributed by atoms with E-state index in [0.717, 1.165) is 40.7 Å². The summed E-state index contributed by atoms with van der Waals surface area (Å²) in [6, 6.07) is 11.1. The van der Waals surface area contributed by atoms with Crippen LogP contribution in [0.2, 0.25) is 0 Å². The third-order valence-electron chi connectivity index (χ3n) is 5.54. The van der Waals surface area contributed by atoms with Crippen LogP contribution in [0.5, 0.6) is 0 Å². The summed E-state index contributed by atoms with van der Waals surface area (Å²) in [7, 11) is 0. The number of hydrogen-bond acceptors (Lipinski definition) is 7. The molecular weight excluding hydrogens is 444 g/mol. The van der Waals surface area contributed by atoms with Crippen molar-refractivity contribution < 1.29 is 9.32 Å². The van der Waals surface area contributed by atoms with E-state index in [1.807, 2.05) is 30.3 Å². The fourth-order valence-corrected chi connectivity index (χ4v) is 6.24. The fraction of sp³-hybridized carbons (Fsp3) is 0.304. The first-order valence-corrected chi connectivity index (χ1v) is 12.3. The first kappa shape index (κ1) is 21.0. The van der Waals surface area contributed by atoms with Crippen LogP contribution in [0.4, 0.5) is 5.82 Å².